The summed E-state index contributed by atoms with van der Waals surface area (Å²) in [6.45, 7) is 12.3. The van der Waals surface area contributed by atoms with Crippen LogP contribution in [-0.4, -0.2) is 16.8 Å². The Morgan fingerprint density at radius 3 is 1.60 bits per heavy atom. The number of phenols is 1. The summed E-state index contributed by atoms with van der Waals surface area (Å²) in [5.74, 6) is 0.342. The summed E-state index contributed by atoms with van der Waals surface area (Å²) in [5.41, 5.74) is 8.21. The first kappa shape index (κ1) is 19.2. The monoisotopic (exact) mass is 301 g/mol. The van der Waals surface area contributed by atoms with Crippen LogP contribution in [0, 0.1) is 0 Å². The van der Waals surface area contributed by atoms with E-state index in [0.29, 0.717) is 5.75 Å². The largest absolute Gasteiger partial charge is 0.507 e. The molecule has 0 saturated heterocycles. The Morgan fingerprint density at radius 1 is 1.00 bits per heavy atom. The highest BCUT2D eigenvalue weighted by atomic mass is 35.5. The van der Waals surface area contributed by atoms with E-state index >= 15 is 0 Å². The van der Waals surface area contributed by atoms with E-state index < -0.39 is 6.04 Å². The summed E-state index contributed by atoms with van der Waals surface area (Å²) < 4.78 is 0. The molecule has 20 heavy (non-hydrogen) atoms. The zero-order valence-electron chi connectivity index (χ0n) is 13.3. The Morgan fingerprint density at radius 2 is 1.35 bits per heavy atom. The van der Waals surface area contributed by atoms with E-state index in [0.717, 1.165) is 16.7 Å². The smallest absolute Gasteiger partial charge is 0.123 e. The van der Waals surface area contributed by atoms with Crippen LogP contribution in [0.5, 0.6) is 5.75 Å². The zero-order valence-corrected chi connectivity index (χ0v) is 14.1. The second-order valence-electron chi connectivity index (χ2n) is 7.25. The zero-order chi connectivity index (χ0) is 15.0. The van der Waals surface area contributed by atoms with Crippen molar-refractivity contribution in [1.82, 2.24) is 0 Å². The quantitative estimate of drug-likeness (QED) is 0.784. The molecule has 0 amide bonds. The van der Waals surface area contributed by atoms with Gasteiger partial charge in [0.1, 0.15) is 5.75 Å². The van der Waals surface area contributed by atoms with Gasteiger partial charge >= 0.3 is 0 Å². The molecule has 1 rings (SSSR count). The van der Waals surface area contributed by atoms with Gasteiger partial charge in [-0.2, -0.15) is 0 Å². The number of benzene rings is 1. The fraction of sp³-hybridized carbons (Fsp3) is 0.625. The second-order valence-corrected chi connectivity index (χ2v) is 7.25. The van der Waals surface area contributed by atoms with Gasteiger partial charge in [-0.1, -0.05) is 41.5 Å². The highest BCUT2D eigenvalue weighted by Gasteiger charge is 2.27. The number of rotatable bonds is 2. The van der Waals surface area contributed by atoms with E-state index in [4.69, 9.17) is 5.73 Å². The molecule has 0 aromatic heterocycles. The van der Waals surface area contributed by atoms with Crippen LogP contribution in [0.3, 0.4) is 0 Å². The van der Waals surface area contributed by atoms with Crippen molar-refractivity contribution in [2.24, 2.45) is 5.73 Å². The lowest BCUT2D eigenvalue weighted by Crippen LogP contribution is -2.21. The number of phenolic OH excluding ortho intramolecular Hbond substituents is 1. The van der Waals surface area contributed by atoms with E-state index in [-0.39, 0.29) is 29.8 Å². The summed E-state index contributed by atoms with van der Waals surface area (Å²) in [5, 5.41) is 19.8. The topological polar surface area (TPSA) is 66.5 Å². The van der Waals surface area contributed by atoms with Crippen molar-refractivity contribution < 1.29 is 10.2 Å². The summed E-state index contributed by atoms with van der Waals surface area (Å²) in [4.78, 5) is 0. The van der Waals surface area contributed by atoms with Crippen LogP contribution in [0.25, 0.3) is 0 Å². The molecule has 4 N–H and O–H groups in total. The van der Waals surface area contributed by atoms with Gasteiger partial charge in [-0.05, 0) is 39.7 Å². The van der Waals surface area contributed by atoms with Gasteiger partial charge in [0, 0.05) is 0 Å². The van der Waals surface area contributed by atoms with E-state index in [9.17, 15) is 10.2 Å². The molecular weight excluding hydrogens is 274 g/mol. The average molecular weight is 302 g/mol. The summed E-state index contributed by atoms with van der Waals surface area (Å²) >= 11 is 0. The van der Waals surface area contributed by atoms with Crippen molar-refractivity contribution >= 4 is 12.4 Å². The number of aliphatic hydroxyl groups excluding tert-OH is 1. The number of hydrogen-bond donors (Lipinski definition) is 3. The standard InChI is InChI=1S/C16H27NO2.ClH/c1-15(2,3)11-7-10(13(17)9-18)8-12(14(11)19)16(4,5)6;/h7-8,13,18-19H,9,17H2,1-6H3;1H/t13-;/m1./s1. The lowest BCUT2D eigenvalue weighted by Gasteiger charge is -2.29. The molecule has 0 aliphatic carbocycles. The minimum Gasteiger partial charge on any atom is -0.507 e. The molecule has 0 saturated carbocycles. The molecule has 116 valence electrons. The lowest BCUT2D eigenvalue weighted by molar-refractivity contribution is 0.267. The molecule has 0 radical (unpaired) electrons. The van der Waals surface area contributed by atoms with Gasteiger partial charge < -0.3 is 15.9 Å². The van der Waals surface area contributed by atoms with Crippen molar-refractivity contribution in [3.8, 4) is 5.75 Å². The van der Waals surface area contributed by atoms with E-state index in [1.807, 2.05) is 12.1 Å². The molecule has 0 bridgehead atoms. The van der Waals surface area contributed by atoms with E-state index in [1.54, 1.807) is 0 Å². The summed E-state index contributed by atoms with van der Waals surface area (Å²) in [6.07, 6.45) is 0. The van der Waals surface area contributed by atoms with Crippen molar-refractivity contribution in [2.45, 2.75) is 58.4 Å². The van der Waals surface area contributed by atoms with Crippen LogP contribution in [0.15, 0.2) is 12.1 Å². The molecule has 1 aromatic rings. The average Bonchev–Trinajstić information content (AvgIpc) is 2.25. The van der Waals surface area contributed by atoms with Crippen molar-refractivity contribution in [1.29, 1.82) is 0 Å². The number of halogens is 1. The molecule has 1 atom stereocenters. The Bertz CT molecular complexity index is 424. The predicted molar refractivity (Wildman–Crippen MR) is 86.8 cm³/mol. The molecular formula is C16H28ClNO2. The third kappa shape index (κ3) is 4.11. The Balaban J connectivity index is 0.00000361. The van der Waals surface area contributed by atoms with E-state index in [1.165, 1.54) is 0 Å². The number of aliphatic hydroxyl groups is 1. The molecule has 0 aliphatic heterocycles. The van der Waals surface area contributed by atoms with Gasteiger partial charge in [-0.3, -0.25) is 0 Å². The predicted octanol–water partition coefficient (Wildman–Crippen LogP) is 3.40. The van der Waals surface area contributed by atoms with Gasteiger partial charge in [-0.15, -0.1) is 12.4 Å². The maximum atomic E-state index is 10.5. The Labute approximate surface area is 128 Å². The minimum atomic E-state index is -0.414. The van der Waals surface area contributed by atoms with Crippen molar-refractivity contribution in [3.05, 3.63) is 28.8 Å². The summed E-state index contributed by atoms with van der Waals surface area (Å²) in [6, 6.07) is 3.40. The van der Waals surface area contributed by atoms with Gasteiger partial charge in [0.25, 0.3) is 0 Å². The first-order valence-electron chi connectivity index (χ1n) is 6.72. The molecule has 3 nitrogen and oxygen atoms in total. The van der Waals surface area contributed by atoms with Crippen LogP contribution in [0.4, 0.5) is 0 Å². The highest BCUT2D eigenvalue weighted by Crippen LogP contribution is 2.40. The first-order valence-corrected chi connectivity index (χ1v) is 6.72. The Kier molecular flexibility index (Phi) is 6.09. The normalized spacial score (nSPS) is 13.8. The van der Waals surface area contributed by atoms with Crippen molar-refractivity contribution in [3.63, 3.8) is 0 Å². The number of nitrogens with two attached hydrogens (primary N) is 1. The van der Waals surface area contributed by atoms with Gasteiger partial charge in [0.05, 0.1) is 12.6 Å². The third-order valence-electron chi connectivity index (χ3n) is 3.37. The van der Waals surface area contributed by atoms with Gasteiger partial charge in [-0.25, -0.2) is 0 Å². The molecule has 4 heteroatoms. The fourth-order valence-electron chi connectivity index (χ4n) is 2.12. The second kappa shape index (κ2) is 6.33. The third-order valence-corrected chi connectivity index (χ3v) is 3.37. The van der Waals surface area contributed by atoms with E-state index in [2.05, 4.69) is 41.5 Å². The van der Waals surface area contributed by atoms with Gasteiger partial charge in [0.2, 0.25) is 0 Å². The molecule has 0 aliphatic rings. The van der Waals surface area contributed by atoms with Crippen LogP contribution < -0.4 is 5.73 Å². The van der Waals surface area contributed by atoms with Crippen LogP contribution in [0.1, 0.15) is 64.3 Å². The van der Waals surface area contributed by atoms with Crippen LogP contribution >= 0.6 is 12.4 Å². The first-order chi connectivity index (χ1) is 8.48. The number of aromatic hydroxyl groups is 1. The lowest BCUT2D eigenvalue weighted by atomic mass is 9.78. The molecule has 0 unspecified atom stereocenters. The number of hydrogen-bond acceptors (Lipinski definition) is 3. The van der Waals surface area contributed by atoms with Crippen molar-refractivity contribution in [2.75, 3.05) is 6.61 Å². The van der Waals surface area contributed by atoms with Crippen LogP contribution in [-0.2, 0) is 10.8 Å². The minimum absolute atomic E-state index is 0. The Hall–Kier alpha value is -0.770. The highest BCUT2D eigenvalue weighted by molar-refractivity contribution is 5.85. The maximum absolute atomic E-state index is 10.5. The van der Waals surface area contributed by atoms with Gasteiger partial charge in [0.15, 0.2) is 0 Å². The fourth-order valence-corrected chi connectivity index (χ4v) is 2.12. The maximum Gasteiger partial charge on any atom is 0.123 e. The SMILES string of the molecule is CC(C)(C)c1cc([C@H](N)CO)cc(C(C)(C)C)c1O.Cl. The molecule has 1 aromatic carbocycles. The molecule has 0 heterocycles. The van der Waals surface area contributed by atoms with Crippen LogP contribution in [0.2, 0.25) is 0 Å². The molecule has 0 spiro atoms. The summed E-state index contributed by atoms with van der Waals surface area (Å²) in [7, 11) is 0. The molecule has 0 fully saturated rings.